The Morgan fingerprint density at radius 2 is 2.06 bits per heavy atom. The van der Waals surface area contributed by atoms with Crippen molar-refractivity contribution in [3.8, 4) is 6.07 Å². The minimum Gasteiger partial charge on any atom is -0.352 e. The first-order chi connectivity index (χ1) is 8.24. The lowest BCUT2D eigenvalue weighted by molar-refractivity contribution is 0.588. The second-order valence-corrected chi connectivity index (χ2v) is 4.14. The number of hydrogen-bond donors (Lipinski definition) is 0. The van der Waals surface area contributed by atoms with Crippen LogP contribution in [0, 0.1) is 11.3 Å². The van der Waals surface area contributed by atoms with E-state index in [-0.39, 0.29) is 0 Å². The number of unbranched alkanes of at least 4 members (excludes halogenated alkanes) is 1. The maximum absolute atomic E-state index is 9.07. The van der Waals surface area contributed by atoms with Gasteiger partial charge in [-0.15, -0.1) is 0 Å². The monoisotopic (exact) mass is 232 g/mol. The summed E-state index contributed by atoms with van der Waals surface area (Å²) in [6.45, 7) is 7.40. The zero-order valence-corrected chi connectivity index (χ0v) is 10.8. The van der Waals surface area contributed by atoms with Crippen LogP contribution < -0.4 is 4.90 Å². The fourth-order valence-corrected chi connectivity index (χ4v) is 1.70. The van der Waals surface area contributed by atoms with E-state index in [9.17, 15) is 0 Å². The third-order valence-electron chi connectivity index (χ3n) is 2.93. The Balaban J connectivity index is 2.99. The number of anilines is 1. The molecule has 0 bridgehead atoms. The Hall–Kier alpha value is -1.63. The maximum Gasteiger partial charge on any atom is 0.183 e. The van der Waals surface area contributed by atoms with Crippen LogP contribution in [-0.4, -0.2) is 22.6 Å². The Bertz CT molecular complexity index is 383. The molecule has 0 N–H and O–H groups in total. The van der Waals surface area contributed by atoms with Gasteiger partial charge in [-0.3, -0.25) is 0 Å². The van der Waals surface area contributed by atoms with Gasteiger partial charge in [0.15, 0.2) is 11.5 Å². The predicted octanol–water partition coefficient (Wildman–Crippen LogP) is 2.75. The zero-order valence-electron chi connectivity index (χ0n) is 10.8. The summed E-state index contributed by atoms with van der Waals surface area (Å²) in [4.78, 5) is 10.6. The number of hydrogen-bond acceptors (Lipinski definition) is 4. The smallest absolute Gasteiger partial charge is 0.183 e. The highest BCUT2D eigenvalue weighted by molar-refractivity contribution is 5.50. The van der Waals surface area contributed by atoms with Crippen LogP contribution >= 0.6 is 0 Å². The van der Waals surface area contributed by atoms with Gasteiger partial charge < -0.3 is 4.90 Å². The normalized spacial score (nSPS) is 11.9. The van der Waals surface area contributed by atoms with E-state index in [1.54, 1.807) is 12.4 Å². The van der Waals surface area contributed by atoms with E-state index >= 15 is 0 Å². The third kappa shape index (κ3) is 3.42. The van der Waals surface area contributed by atoms with Gasteiger partial charge in [-0.05, 0) is 19.8 Å². The topological polar surface area (TPSA) is 52.8 Å². The van der Waals surface area contributed by atoms with Crippen molar-refractivity contribution < 1.29 is 0 Å². The molecule has 0 aliphatic heterocycles. The van der Waals surface area contributed by atoms with Gasteiger partial charge >= 0.3 is 0 Å². The van der Waals surface area contributed by atoms with Crippen molar-refractivity contribution in [3.63, 3.8) is 0 Å². The molecule has 1 heterocycles. The third-order valence-corrected chi connectivity index (χ3v) is 2.93. The van der Waals surface area contributed by atoms with Crippen LogP contribution in [0.15, 0.2) is 12.4 Å². The molecule has 1 unspecified atom stereocenters. The van der Waals surface area contributed by atoms with Crippen LogP contribution in [0.3, 0.4) is 0 Å². The molecule has 0 aliphatic carbocycles. The van der Waals surface area contributed by atoms with E-state index in [1.807, 2.05) is 0 Å². The molecule has 1 atom stereocenters. The fourth-order valence-electron chi connectivity index (χ4n) is 1.70. The van der Waals surface area contributed by atoms with Crippen LogP contribution in [-0.2, 0) is 0 Å². The lowest BCUT2D eigenvalue weighted by Crippen LogP contribution is -2.35. The first-order valence-electron chi connectivity index (χ1n) is 6.22. The SMILES string of the molecule is CCCCN(c1nccnc1C#N)C(C)CC. The number of nitrogens with zero attached hydrogens (tertiary/aromatic N) is 4. The minimum absolute atomic E-state index is 0.380. The Morgan fingerprint density at radius 3 is 2.65 bits per heavy atom. The van der Waals surface area contributed by atoms with Crippen LogP contribution in [0.5, 0.6) is 0 Å². The second-order valence-electron chi connectivity index (χ2n) is 4.14. The van der Waals surface area contributed by atoms with Crippen LogP contribution in [0.2, 0.25) is 0 Å². The molecule has 1 aromatic rings. The summed E-state index contributed by atoms with van der Waals surface area (Å²) in [5.41, 5.74) is 0.420. The summed E-state index contributed by atoms with van der Waals surface area (Å²) in [5.74, 6) is 0.720. The van der Waals surface area contributed by atoms with E-state index in [1.165, 1.54) is 0 Å². The first-order valence-corrected chi connectivity index (χ1v) is 6.22. The largest absolute Gasteiger partial charge is 0.352 e. The van der Waals surface area contributed by atoms with Gasteiger partial charge in [-0.25, -0.2) is 9.97 Å². The molecular weight excluding hydrogens is 212 g/mol. The minimum atomic E-state index is 0.380. The standard InChI is InChI=1S/C13H20N4/c1-4-6-9-17(11(3)5-2)13-12(10-14)15-7-8-16-13/h7-8,11H,4-6,9H2,1-3H3. The lowest BCUT2D eigenvalue weighted by atomic mass is 10.2. The fraction of sp³-hybridized carbons (Fsp3) is 0.615. The van der Waals surface area contributed by atoms with Crippen molar-refractivity contribution in [3.05, 3.63) is 18.1 Å². The van der Waals surface area contributed by atoms with Gasteiger partial charge in [0.2, 0.25) is 0 Å². The van der Waals surface area contributed by atoms with Crippen LogP contribution in [0.4, 0.5) is 5.82 Å². The molecule has 0 fully saturated rings. The average Bonchev–Trinajstić information content (AvgIpc) is 2.39. The highest BCUT2D eigenvalue weighted by atomic mass is 15.2. The summed E-state index contributed by atoms with van der Waals surface area (Å²) in [5, 5.41) is 9.07. The molecule has 0 aliphatic rings. The van der Waals surface area contributed by atoms with E-state index in [0.717, 1.165) is 31.6 Å². The maximum atomic E-state index is 9.07. The summed E-state index contributed by atoms with van der Waals surface area (Å²) >= 11 is 0. The van der Waals surface area contributed by atoms with Gasteiger partial charge in [0.1, 0.15) is 6.07 Å². The summed E-state index contributed by atoms with van der Waals surface area (Å²) < 4.78 is 0. The summed E-state index contributed by atoms with van der Waals surface area (Å²) in [6.07, 6.45) is 6.49. The first kappa shape index (κ1) is 13.4. The van der Waals surface area contributed by atoms with Crippen molar-refractivity contribution >= 4 is 5.82 Å². The summed E-state index contributed by atoms with van der Waals surface area (Å²) in [7, 11) is 0. The second kappa shape index (κ2) is 6.85. The van der Waals surface area contributed by atoms with Crippen LogP contribution in [0.1, 0.15) is 45.7 Å². The zero-order chi connectivity index (χ0) is 12.7. The van der Waals surface area contributed by atoms with E-state index in [2.05, 4.69) is 41.7 Å². The molecule has 0 saturated heterocycles. The average molecular weight is 232 g/mol. The molecule has 0 amide bonds. The van der Waals surface area contributed by atoms with Crippen molar-refractivity contribution in [2.75, 3.05) is 11.4 Å². The highest BCUT2D eigenvalue weighted by Crippen LogP contribution is 2.19. The van der Waals surface area contributed by atoms with Crippen molar-refractivity contribution in [1.82, 2.24) is 9.97 Å². The van der Waals surface area contributed by atoms with Crippen molar-refractivity contribution in [2.24, 2.45) is 0 Å². The molecule has 0 radical (unpaired) electrons. The predicted molar refractivity (Wildman–Crippen MR) is 68.8 cm³/mol. The van der Waals surface area contributed by atoms with Crippen molar-refractivity contribution in [1.29, 1.82) is 5.26 Å². The summed E-state index contributed by atoms with van der Waals surface area (Å²) in [6, 6.07) is 2.50. The van der Waals surface area contributed by atoms with Gasteiger partial charge in [0.25, 0.3) is 0 Å². The van der Waals surface area contributed by atoms with E-state index in [4.69, 9.17) is 5.26 Å². The molecule has 17 heavy (non-hydrogen) atoms. The van der Waals surface area contributed by atoms with Crippen molar-refractivity contribution in [2.45, 2.75) is 46.1 Å². The molecule has 4 nitrogen and oxygen atoms in total. The van der Waals surface area contributed by atoms with E-state index < -0.39 is 0 Å². The molecule has 1 rings (SSSR count). The molecule has 0 aromatic carbocycles. The van der Waals surface area contributed by atoms with Crippen LogP contribution in [0.25, 0.3) is 0 Å². The van der Waals surface area contributed by atoms with Gasteiger partial charge in [-0.2, -0.15) is 5.26 Å². The number of aromatic nitrogens is 2. The molecule has 0 saturated carbocycles. The number of rotatable bonds is 6. The number of nitriles is 1. The van der Waals surface area contributed by atoms with Gasteiger partial charge in [0.05, 0.1) is 0 Å². The highest BCUT2D eigenvalue weighted by Gasteiger charge is 2.17. The van der Waals surface area contributed by atoms with Gasteiger partial charge in [0, 0.05) is 25.0 Å². The van der Waals surface area contributed by atoms with E-state index in [0.29, 0.717) is 11.7 Å². The molecule has 1 aromatic heterocycles. The molecule has 4 heteroatoms. The Morgan fingerprint density at radius 1 is 1.35 bits per heavy atom. The Kier molecular flexibility index (Phi) is 5.41. The quantitative estimate of drug-likeness (QED) is 0.756. The Labute approximate surface area is 103 Å². The lowest BCUT2D eigenvalue weighted by Gasteiger charge is -2.29. The van der Waals surface area contributed by atoms with Gasteiger partial charge in [-0.1, -0.05) is 20.3 Å². The molecular formula is C13H20N4. The molecule has 0 spiro atoms. The molecule has 92 valence electrons.